The fraction of sp³-hybridized carbons (Fsp3) is 0.436. The Kier molecular flexibility index (Phi) is 18.2. The lowest BCUT2D eigenvalue weighted by Gasteiger charge is -2.17. The third-order valence-corrected chi connectivity index (χ3v) is 7.86. The van der Waals surface area contributed by atoms with Gasteiger partial charge in [0.2, 0.25) is 17.7 Å². The Bertz CT molecular complexity index is 1510. The fourth-order valence-corrected chi connectivity index (χ4v) is 5.06. The first kappa shape index (κ1) is 40.6. The van der Waals surface area contributed by atoms with Gasteiger partial charge in [-0.3, -0.25) is 14.4 Å². The number of nitrogens with one attached hydrogen (secondary N) is 3. The number of benzene rings is 2. The molecule has 0 radical (unpaired) electrons. The van der Waals surface area contributed by atoms with Crippen LogP contribution >= 0.6 is 0 Å². The van der Waals surface area contributed by atoms with E-state index in [1.165, 1.54) is 0 Å². The van der Waals surface area contributed by atoms with Crippen LogP contribution in [-0.2, 0) is 23.9 Å². The quantitative estimate of drug-likeness (QED) is 0.108. The third-order valence-electron chi connectivity index (χ3n) is 7.86. The van der Waals surface area contributed by atoms with Crippen LogP contribution < -0.4 is 31.3 Å². The summed E-state index contributed by atoms with van der Waals surface area (Å²) in [5.74, 6) is 0.148. The van der Waals surface area contributed by atoms with Crippen molar-refractivity contribution in [2.45, 2.75) is 25.7 Å². The zero-order valence-corrected chi connectivity index (χ0v) is 30.5. The molecule has 2 aromatic carbocycles. The van der Waals surface area contributed by atoms with E-state index in [0.29, 0.717) is 65.5 Å². The summed E-state index contributed by atoms with van der Waals surface area (Å²) in [6.07, 6.45) is 9.56. The summed E-state index contributed by atoms with van der Waals surface area (Å²) in [7, 11) is 8.13. The SMILES string of the molecule is CN(C)c1ccc(C(=C2C=CC(=[N+](C)C)C=C2)c2ccc(OCCCC(=O)NCCNC(=O)CCC(=O)NCCOCCOCCN)cc2)cc1. The molecular formula is C39H55N6O6+. The van der Waals surface area contributed by atoms with Crippen LogP contribution in [0.5, 0.6) is 5.75 Å². The van der Waals surface area contributed by atoms with Crippen molar-refractivity contribution in [2.24, 2.45) is 5.73 Å². The van der Waals surface area contributed by atoms with Gasteiger partial charge in [0.1, 0.15) is 19.8 Å². The lowest BCUT2D eigenvalue weighted by Crippen LogP contribution is -2.35. The Morgan fingerprint density at radius 1 is 0.667 bits per heavy atom. The van der Waals surface area contributed by atoms with Gasteiger partial charge in [-0.25, -0.2) is 4.58 Å². The molecule has 0 unspecified atom stereocenters. The average Bonchev–Trinajstić information content (AvgIpc) is 3.13. The van der Waals surface area contributed by atoms with Crippen molar-refractivity contribution in [3.63, 3.8) is 0 Å². The molecule has 0 saturated heterocycles. The smallest absolute Gasteiger partial charge is 0.220 e. The number of hydrogen-bond donors (Lipinski definition) is 4. The molecule has 0 atom stereocenters. The van der Waals surface area contributed by atoms with Crippen LogP contribution in [0.2, 0.25) is 0 Å². The van der Waals surface area contributed by atoms with Gasteiger partial charge in [0.05, 0.1) is 33.0 Å². The molecule has 1 aliphatic carbocycles. The Balaban J connectivity index is 1.35. The molecule has 3 rings (SSSR count). The molecule has 5 N–H and O–H groups in total. The lowest BCUT2D eigenvalue weighted by molar-refractivity contribution is -0.462. The summed E-state index contributed by atoms with van der Waals surface area (Å²) in [6, 6.07) is 16.6. The van der Waals surface area contributed by atoms with Crippen LogP contribution in [0.3, 0.4) is 0 Å². The van der Waals surface area contributed by atoms with Crippen LogP contribution in [0.4, 0.5) is 5.69 Å². The van der Waals surface area contributed by atoms with E-state index in [1.807, 2.05) is 40.3 Å². The molecule has 0 aliphatic heterocycles. The molecule has 1 aliphatic rings. The summed E-state index contributed by atoms with van der Waals surface area (Å²) in [5.41, 5.74) is 12.1. The van der Waals surface area contributed by atoms with Crippen molar-refractivity contribution < 1.29 is 33.2 Å². The Morgan fingerprint density at radius 2 is 1.20 bits per heavy atom. The molecule has 276 valence electrons. The zero-order valence-electron chi connectivity index (χ0n) is 30.5. The molecule has 0 aromatic heterocycles. The second kappa shape index (κ2) is 22.8. The van der Waals surface area contributed by atoms with Gasteiger partial charge < -0.3 is 40.8 Å². The number of anilines is 1. The number of allylic oxidation sites excluding steroid dienone is 5. The predicted octanol–water partition coefficient (Wildman–Crippen LogP) is 2.67. The minimum atomic E-state index is -0.249. The second-order valence-electron chi connectivity index (χ2n) is 12.3. The maximum Gasteiger partial charge on any atom is 0.220 e. The van der Waals surface area contributed by atoms with Crippen LogP contribution in [0.1, 0.15) is 36.8 Å². The lowest BCUT2D eigenvalue weighted by atomic mass is 9.90. The molecule has 0 fully saturated rings. The maximum atomic E-state index is 12.3. The molecule has 2 aromatic rings. The molecule has 3 amide bonds. The highest BCUT2D eigenvalue weighted by molar-refractivity contribution is 6.04. The summed E-state index contributed by atoms with van der Waals surface area (Å²) in [6.45, 7) is 3.56. The number of nitrogens with two attached hydrogens (primary N) is 1. The van der Waals surface area contributed by atoms with Gasteiger partial charge in [-0.1, -0.05) is 24.3 Å². The minimum absolute atomic E-state index is 0.0684. The number of nitrogens with zero attached hydrogens (tertiary/aromatic N) is 2. The van der Waals surface area contributed by atoms with Crippen molar-refractivity contribution in [1.29, 1.82) is 0 Å². The van der Waals surface area contributed by atoms with Crippen LogP contribution in [-0.4, -0.2) is 115 Å². The largest absolute Gasteiger partial charge is 0.494 e. The average molecular weight is 704 g/mol. The molecule has 12 nitrogen and oxygen atoms in total. The van der Waals surface area contributed by atoms with Gasteiger partial charge in [0, 0.05) is 77.4 Å². The highest BCUT2D eigenvalue weighted by Crippen LogP contribution is 2.32. The molecule has 0 bridgehead atoms. The van der Waals surface area contributed by atoms with E-state index in [4.69, 9.17) is 19.9 Å². The molecule has 0 saturated carbocycles. The van der Waals surface area contributed by atoms with Gasteiger partial charge in [-0.05, 0) is 65.1 Å². The monoisotopic (exact) mass is 703 g/mol. The van der Waals surface area contributed by atoms with E-state index in [1.54, 1.807) is 0 Å². The first-order chi connectivity index (χ1) is 24.7. The molecule has 51 heavy (non-hydrogen) atoms. The summed E-state index contributed by atoms with van der Waals surface area (Å²) in [4.78, 5) is 38.3. The van der Waals surface area contributed by atoms with Crippen molar-refractivity contribution in [2.75, 3.05) is 92.3 Å². The van der Waals surface area contributed by atoms with Crippen molar-refractivity contribution in [3.8, 4) is 5.75 Å². The van der Waals surface area contributed by atoms with Crippen molar-refractivity contribution in [1.82, 2.24) is 16.0 Å². The molecule has 0 heterocycles. The first-order valence-corrected chi connectivity index (χ1v) is 17.5. The van der Waals surface area contributed by atoms with Crippen LogP contribution in [0.15, 0.2) is 78.4 Å². The summed E-state index contributed by atoms with van der Waals surface area (Å²) < 4.78 is 18.6. The van der Waals surface area contributed by atoms with Crippen molar-refractivity contribution in [3.05, 3.63) is 89.5 Å². The molecule has 0 spiro atoms. The van der Waals surface area contributed by atoms with E-state index in [0.717, 1.165) is 39.4 Å². The third kappa shape index (κ3) is 15.3. The Labute approximate surface area is 302 Å². The maximum absolute atomic E-state index is 12.3. The van der Waals surface area contributed by atoms with Gasteiger partial charge in [0.15, 0.2) is 5.71 Å². The second-order valence-corrected chi connectivity index (χ2v) is 12.3. The number of rotatable bonds is 22. The Hall–Kier alpha value is -4.78. The number of hydrogen-bond acceptors (Lipinski definition) is 8. The van der Waals surface area contributed by atoms with Crippen molar-refractivity contribution >= 4 is 34.7 Å². The van der Waals surface area contributed by atoms with E-state index < -0.39 is 0 Å². The van der Waals surface area contributed by atoms with E-state index >= 15 is 0 Å². The van der Waals surface area contributed by atoms with Gasteiger partial charge in [0.25, 0.3) is 0 Å². The Morgan fingerprint density at radius 3 is 1.75 bits per heavy atom. The standard InChI is InChI=1S/C39H54N6O6/c1-44(2)33-13-7-30(8-14-33)39(31-9-15-34(16-10-31)45(3)4)32-11-17-35(18-12-32)51-25-5-6-36(46)41-22-23-42-37(47)19-20-38(48)43-24-27-50-29-28-49-26-21-40/h7-18H,5-6,19-29,40H2,1-4H3,(H2-,41,42,43,46,47,48)/p+1. The topological polar surface area (TPSA) is 147 Å². The molecule has 12 heteroatoms. The highest BCUT2D eigenvalue weighted by Gasteiger charge is 2.14. The van der Waals surface area contributed by atoms with Crippen LogP contribution in [0.25, 0.3) is 5.57 Å². The van der Waals surface area contributed by atoms with Gasteiger partial charge >= 0.3 is 0 Å². The van der Waals surface area contributed by atoms with Gasteiger partial charge in [-0.2, -0.15) is 0 Å². The predicted molar refractivity (Wildman–Crippen MR) is 202 cm³/mol. The van der Waals surface area contributed by atoms with E-state index in [-0.39, 0.29) is 37.1 Å². The fourth-order valence-electron chi connectivity index (χ4n) is 5.06. The number of carbonyl (C=O) groups excluding carboxylic acids is 3. The number of ether oxygens (including phenoxy) is 3. The minimum Gasteiger partial charge on any atom is -0.494 e. The van der Waals surface area contributed by atoms with Gasteiger partial charge in [-0.15, -0.1) is 0 Å². The first-order valence-electron chi connectivity index (χ1n) is 17.5. The van der Waals surface area contributed by atoms with E-state index in [9.17, 15) is 14.4 Å². The van der Waals surface area contributed by atoms with E-state index in [2.05, 4.69) is 86.1 Å². The summed E-state index contributed by atoms with van der Waals surface area (Å²) >= 11 is 0. The molecular weight excluding hydrogens is 648 g/mol. The zero-order chi connectivity index (χ0) is 36.8. The normalized spacial score (nSPS) is 12.0. The summed E-state index contributed by atoms with van der Waals surface area (Å²) in [5, 5.41) is 8.23. The van der Waals surface area contributed by atoms with Crippen LogP contribution in [0, 0.1) is 0 Å². The number of carbonyl (C=O) groups is 3. The highest BCUT2D eigenvalue weighted by atomic mass is 16.5. The number of amides is 3.